The SMILES string of the molecule is CCc1ccc(NC(=O)c2nnn(-c3ccc4noc(-c5ccc(Cl)cc5)c4c3)c2C)cc1. The Morgan fingerprint density at radius 2 is 1.82 bits per heavy atom. The average Bonchev–Trinajstić information content (AvgIpc) is 3.43. The zero-order chi connectivity index (χ0) is 22.9. The number of benzene rings is 3. The van der Waals surface area contributed by atoms with E-state index in [4.69, 9.17) is 16.1 Å². The summed E-state index contributed by atoms with van der Waals surface area (Å²) in [5.74, 6) is 0.325. The van der Waals surface area contributed by atoms with Gasteiger partial charge in [0.05, 0.1) is 16.8 Å². The molecule has 8 heteroatoms. The number of hydrogen-bond donors (Lipinski definition) is 1. The molecule has 0 spiro atoms. The van der Waals surface area contributed by atoms with Gasteiger partial charge in [0.2, 0.25) is 0 Å². The maximum atomic E-state index is 12.8. The topological polar surface area (TPSA) is 85.8 Å². The van der Waals surface area contributed by atoms with Gasteiger partial charge in [0, 0.05) is 16.3 Å². The Morgan fingerprint density at radius 3 is 2.55 bits per heavy atom. The molecule has 0 bridgehead atoms. The number of aromatic nitrogens is 4. The van der Waals surface area contributed by atoms with Gasteiger partial charge < -0.3 is 9.84 Å². The van der Waals surface area contributed by atoms with Crippen molar-refractivity contribution < 1.29 is 9.32 Å². The van der Waals surface area contributed by atoms with Crippen molar-refractivity contribution in [1.29, 1.82) is 0 Å². The molecular formula is C25H20ClN5O2. The van der Waals surface area contributed by atoms with Crippen LogP contribution in [-0.2, 0) is 6.42 Å². The van der Waals surface area contributed by atoms with Gasteiger partial charge in [-0.1, -0.05) is 41.0 Å². The molecule has 33 heavy (non-hydrogen) atoms. The number of rotatable bonds is 5. The second-order valence-electron chi connectivity index (χ2n) is 7.66. The van der Waals surface area contributed by atoms with E-state index in [0.717, 1.165) is 28.6 Å². The van der Waals surface area contributed by atoms with Crippen LogP contribution in [-0.4, -0.2) is 26.1 Å². The first-order valence-electron chi connectivity index (χ1n) is 10.5. The van der Waals surface area contributed by atoms with Gasteiger partial charge in [-0.05, 0) is 73.5 Å². The Balaban J connectivity index is 1.46. The van der Waals surface area contributed by atoms with Crippen molar-refractivity contribution in [3.8, 4) is 17.0 Å². The predicted octanol–water partition coefficient (Wildman–Crippen LogP) is 5.85. The highest BCUT2D eigenvalue weighted by molar-refractivity contribution is 6.30. The summed E-state index contributed by atoms with van der Waals surface area (Å²) in [5, 5.41) is 16.9. The molecule has 1 N–H and O–H groups in total. The molecule has 2 heterocycles. The fourth-order valence-electron chi connectivity index (χ4n) is 3.67. The zero-order valence-corrected chi connectivity index (χ0v) is 18.8. The molecule has 0 fully saturated rings. The summed E-state index contributed by atoms with van der Waals surface area (Å²) in [6.07, 6.45) is 0.942. The quantitative estimate of drug-likeness (QED) is 0.357. The van der Waals surface area contributed by atoms with Crippen molar-refractivity contribution in [1.82, 2.24) is 20.2 Å². The number of amides is 1. The van der Waals surface area contributed by atoms with Gasteiger partial charge in [0.25, 0.3) is 5.91 Å². The van der Waals surface area contributed by atoms with E-state index >= 15 is 0 Å². The zero-order valence-electron chi connectivity index (χ0n) is 18.0. The second-order valence-corrected chi connectivity index (χ2v) is 8.10. The van der Waals surface area contributed by atoms with E-state index in [1.807, 2.05) is 61.5 Å². The molecule has 0 aliphatic carbocycles. The highest BCUT2D eigenvalue weighted by atomic mass is 35.5. The first-order chi connectivity index (χ1) is 16.0. The number of nitrogens with zero attached hydrogens (tertiary/aromatic N) is 4. The van der Waals surface area contributed by atoms with E-state index in [-0.39, 0.29) is 11.6 Å². The van der Waals surface area contributed by atoms with Gasteiger partial charge >= 0.3 is 0 Å². The van der Waals surface area contributed by atoms with Crippen LogP contribution >= 0.6 is 11.6 Å². The number of nitrogens with one attached hydrogen (secondary N) is 1. The van der Waals surface area contributed by atoms with Crippen molar-refractivity contribution in [2.24, 2.45) is 0 Å². The molecule has 1 amide bonds. The fraction of sp³-hybridized carbons (Fsp3) is 0.120. The summed E-state index contributed by atoms with van der Waals surface area (Å²) in [6.45, 7) is 3.90. The first-order valence-corrected chi connectivity index (χ1v) is 10.9. The van der Waals surface area contributed by atoms with Crippen LogP contribution in [0.5, 0.6) is 0 Å². The summed E-state index contributed by atoms with van der Waals surface area (Å²) < 4.78 is 7.22. The predicted molar refractivity (Wildman–Crippen MR) is 128 cm³/mol. The van der Waals surface area contributed by atoms with Crippen LogP contribution in [0.1, 0.15) is 28.7 Å². The Kier molecular flexibility index (Phi) is 5.40. The van der Waals surface area contributed by atoms with Crippen LogP contribution < -0.4 is 5.32 Å². The number of hydrogen-bond acceptors (Lipinski definition) is 5. The fourth-order valence-corrected chi connectivity index (χ4v) is 3.79. The molecule has 0 saturated heterocycles. The third-order valence-corrected chi connectivity index (χ3v) is 5.79. The minimum absolute atomic E-state index is 0.262. The molecule has 3 aromatic carbocycles. The second kappa shape index (κ2) is 8.52. The number of fused-ring (bicyclic) bond motifs is 1. The van der Waals surface area contributed by atoms with Crippen molar-refractivity contribution in [2.75, 3.05) is 5.32 Å². The summed E-state index contributed by atoms with van der Waals surface area (Å²) in [4.78, 5) is 12.8. The number of carbonyl (C=O) groups excluding carboxylic acids is 1. The third-order valence-electron chi connectivity index (χ3n) is 5.54. The molecule has 7 nitrogen and oxygen atoms in total. The molecule has 0 radical (unpaired) electrons. The van der Waals surface area contributed by atoms with E-state index in [9.17, 15) is 4.79 Å². The van der Waals surface area contributed by atoms with Gasteiger partial charge in [-0.3, -0.25) is 4.79 Å². The Labute approximate surface area is 195 Å². The highest BCUT2D eigenvalue weighted by Crippen LogP contribution is 2.31. The summed E-state index contributed by atoms with van der Waals surface area (Å²) >= 11 is 6.01. The molecule has 0 aliphatic rings. The van der Waals surface area contributed by atoms with Gasteiger partial charge in [0.1, 0.15) is 5.52 Å². The van der Waals surface area contributed by atoms with E-state index in [2.05, 4.69) is 27.7 Å². The lowest BCUT2D eigenvalue weighted by molar-refractivity contribution is 0.102. The van der Waals surface area contributed by atoms with Crippen molar-refractivity contribution in [3.63, 3.8) is 0 Å². The largest absolute Gasteiger partial charge is 0.355 e. The van der Waals surface area contributed by atoms with Crippen molar-refractivity contribution in [2.45, 2.75) is 20.3 Å². The average molecular weight is 458 g/mol. The van der Waals surface area contributed by atoms with Gasteiger partial charge in [0.15, 0.2) is 11.5 Å². The highest BCUT2D eigenvalue weighted by Gasteiger charge is 2.19. The van der Waals surface area contributed by atoms with Crippen LogP contribution in [0.25, 0.3) is 27.9 Å². The monoisotopic (exact) mass is 457 g/mol. The maximum absolute atomic E-state index is 12.8. The standard InChI is InChI=1S/C25H20ClN5O2/c1-3-16-4-10-19(11-5-16)27-25(32)23-15(2)31(30-28-23)20-12-13-22-21(14-20)24(33-29-22)17-6-8-18(26)9-7-17/h4-14H,3H2,1-2H3,(H,27,32). The van der Waals surface area contributed by atoms with E-state index in [0.29, 0.717) is 22.2 Å². The molecule has 0 atom stereocenters. The van der Waals surface area contributed by atoms with Crippen LogP contribution in [0.2, 0.25) is 5.02 Å². The lowest BCUT2D eigenvalue weighted by Crippen LogP contribution is -2.14. The number of anilines is 1. The van der Waals surface area contributed by atoms with Crippen LogP contribution in [0.15, 0.2) is 71.3 Å². The summed E-state index contributed by atoms with van der Waals surface area (Å²) in [6, 6.07) is 20.8. The van der Waals surface area contributed by atoms with Gasteiger partial charge in [-0.2, -0.15) is 0 Å². The van der Waals surface area contributed by atoms with E-state index in [1.54, 1.807) is 16.8 Å². The maximum Gasteiger partial charge on any atom is 0.278 e. The van der Waals surface area contributed by atoms with E-state index in [1.165, 1.54) is 5.56 Å². The van der Waals surface area contributed by atoms with Gasteiger partial charge in [-0.25, -0.2) is 4.68 Å². The molecule has 164 valence electrons. The van der Waals surface area contributed by atoms with Crippen molar-refractivity contribution >= 4 is 34.1 Å². The molecular weight excluding hydrogens is 438 g/mol. The molecule has 5 rings (SSSR count). The normalized spacial score (nSPS) is 11.1. The number of aryl methyl sites for hydroxylation is 1. The third kappa shape index (κ3) is 3.99. The lowest BCUT2D eigenvalue weighted by Gasteiger charge is -2.06. The summed E-state index contributed by atoms with van der Waals surface area (Å²) in [5.41, 5.74) is 5.14. The Hall–Kier alpha value is -3.97. The molecule has 5 aromatic rings. The molecule has 0 aliphatic heterocycles. The minimum atomic E-state index is -0.309. The summed E-state index contributed by atoms with van der Waals surface area (Å²) in [7, 11) is 0. The van der Waals surface area contributed by atoms with Gasteiger partial charge in [-0.15, -0.1) is 5.10 Å². The van der Waals surface area contributed by atoms with Crippen molar-refractivity contribution in [3.05, 3.63) is 88.7 Å². The Morgan fingerprint density at radius 1 is 1.06 bits per heavy atom. The van der Waals surface area contributed by atoms with Crippen LogP contribution in [0, 0.1) is 6.92 Å². The smallest absolute Gasteiger partial charge is 0.278 e. The van der Waals surface area contributed by atoms with E-state index < -0.39 is 0 Å². The molecule has 0 unspecified atom stereocenters. The lowest BCUT2D eigenvalue weighted by atomic mass is 10.1. The minimum Gasteiger partial charge on any atom is -0.355 e. The molecule has 0 saturated carbocycles. The number of halogens is 1. The first kappa shape index (κ1) is 20.9. The molecule has 2 aromatic heterocycles. The number of carbonyl (C=O) groups is 1. The van der Waals surface area contributed by atoms with Crippen LogP contribution in [0.4, 0.5) is 5.69 Å². The van der Waals surface area contributed by atoms with Crippen LogP contribution in [0.3, 0.4) is 0 Å². The Bertz CT molecular complexity index is 1450.